The van der Waals surface area contributed by atoms with Crippen molar-refractivity contribution < 1.29 is 19.4 Å². The fourth-order valence-electron chi connectivity index (χ4n) is 3.25. The molecule has 2 atom stereocenters. The number of rotatable bonds is 5. The predicted octanol–water partition coefficient (Wildman–Crippen LogP) is 2.24. The Kier molecular flexibility index (Phi) is 4.09. The van der Waals surface area contributed by atoms with Crippen LogP contribution in [0.15, 0.2) is 54.6 Å². The maximum Gasteiger partial charge on any atom is 0.264 e. The highest BCUT2D eigenvalue weighted by Gasteiger charge is 2.45. The normalized spacial score (nSPS) is 21.2. The number of hydrogen-bond acceptors (Lipinski definition) is 4. The summed E-state index contributed by atoms with van der Waals surface area (Å²) in [7, 11) is 0. The van der Waals surface area contributed by atoms with Crippen molar-refractivity contribution >= 4 is 5.91 Å². The highest BCUT2D eigenvalue weighted by Crippen LogP contribution is 2.45. The van der Waals surface area contributed by atoms with E-state index in [1.807, 2.05) is 48.5 Å². The van der Waals surface area contributed by atoms with E-state index in [2.05, 4.69) is 5.32 Å². The molecule has 5 nitrogen and oxygen atoms in total. The van der Waals surface area contributed by atoms with Crippen LogP contribution in [0.5, 0.6) is 11.5 Å². The first-order valence-electron chi connectivity index (χ1n) is 8.61. The van der Waals surface area contributed by atoms with Gasteiger partial charge in [0.25, 0.3) is 5.91 Å². The zero-order valence-corrected chi connectivity index (χ0v) is 13.9. The molecule has 1 aliphatic carbocycles. The molecule has 2 aromatic rings. The lowest BCUT2D eigenvalue weighted by atomic mass is 9.88. The first kappa shape index (κ1) is 16.0. The molecule has 1 saturated carbocycles. The number of aliphatic hydroxyl groups is 1. The van der Waals surface area contributed by atoms with Gasteiger partial charge in [0.05, 0.1) is 6.54 Å². The molecule has 25 heavy (non-hydrogen) atoms. The molecule has 0 saturated heterocycles. The second kappa shape index (κ2) is 6.41. The third-order valence-electron chi connectivity index (χ3n) is 4.86. The van der Waals surface area contributed by atoms with Crippen LogP contribution in [0, 0.1) is 5.92 Å². The molecular weight excluding hydrogens is 318 g/mol. The van der Waals surface area contributed by atoms with Crippen LogP contribution in [0.4, 0.5) is 0 Å². The zero-order chi connectivity index (χ0) is 17.3. The van der Waals surface area contributed by atoms with Crippen molar-refractivity contribution in [3.8, 4) is 11.5 Å². The van der Waals surface area contributed by atoms with Crippen LogP contribution in [-0.4, -0.2) is 30.3 Å². The van der Waals surface area contributed by atoms with Crippen LogP contribution in [-0.2, 0) is 10.4 Å². The third-order valence-corrected chi connectivity index (χ3v) is 4.86. The Labute approximate surface area is 146 Å². The van der Waals surface area contributed by atoms with Gasteiger partial charge >= 0.3 is 0 Å². The molecule has 0 radical (unpaired) electrons. The summed E-state index contributed by atoms with van der Waals surface area (Å²) in [4.78, 5) is 12.5. The molecule has 0 bridgehead atoms. The van der Waals surface area contributed by atoms with E-state index < -0.39 is 11.7 Å². The minimum atomic E-state index is -1.04. The second-order valence-corrected chi connectivity index (χ2v) is 6.65. The molecule has 0 spiro atoms. The van der Waals surface area contributed by atoms with Crippen molar-refractivity contribution in [1.82, 2.24) is 5.32 Å². The third kappa shape index (κ3) is 3.20. The Morgan fingerprint density at radius 2 is 1.76 bits per heavy atom. The average molecular weight is 339 g/mol. The van der Waals surface area contributed by atoms with E-state index in [1.165, 1.54) is 0 Å². The number of para-hydroxylation sites is 2. The summed E-state index contributed by atoms with van der Waals surface area (Å²) >= 11 is 0. The van der Waals surface area contributed by atoms with E-state index in [4.69, 9.17) is 9.47 Å². The molecular formula is C20H21NO4. The topological polar surface area (TPSA) is 67.8 Å². The van der Waals surface area contributed by atoms with Gasteiger partial charge in [-0.3, -0.25) is 4.79 Å². The van der Waals surface area contributed by atoms with Gasteiger partial charge in [0.2, 0.25) is 6.10 Å². The van der Waals surface area contributed by atoms with Gasteiger partial charge in [-0.2, -0.15) is 0 Å². The molecule has 130 valence electrons. The van der Waals surface area contributed by atoms with Gasteiger partial charge in [-0.05, 0) is 36.5 Å². The molecule has 1 fully saturated rings. The molecule has 0 aromatic heterocycles. The lowest BCUT2D eigenvalue weighted by Gasteiger charge is -2.31. The smallest absolute Gasteiger partial charge is 0.264 e. The second-order valence-electron chi connectivity index (χ2n) is 6.65. The Hall–Kier alpha value is -2.53. The number of amides is 1. The van der Waals surface area contributed by atoms with E-state index >= 15 is 0 Å². The van der Waals surface area contributed by atoms with Crippen molar-refractivity contribution in [1.29, 1.82) is 0 Å². The molecule has 2 aromatic carbocycles. The van der Waals surface area contributed by atoms with Crippen molar-refractivity contribution in [2.75, 3.05) is 13.2 Å². The van der Waals surface area contributed by atoms with Gasteiger partial charge in [-0.1, -0.05) is 42.5 Å². The summed E-state index contributed by atoms with van der Waals surface area (Å²) in [5.41, 5.74) is -0.200. The molecule has 0 unspecified atom stereocenters. The lowest BCUT2D eigenvalue weighted by Crippen LogP contribution is -2.49. The number of hydrogen-bond donors (Lipinski definition) is 2. The fourth-order valence-corrected chi connectivity index (χ4v) is 3.25. The lowest BCUT2D eigenvalue weighted by molar-refractivity contribution is -0.132. The maximum atomic E-state index is 12.5. The monoisotopic (exact) mass is 339 g/mol. The molecule has 1 aliphatic heterocycles. The van der Waals surface area contributed by atoms with Crippen LogP contribution in [0.2, 0.25) is 0 Å². The van der Waals surface area contributed by atoms with Crippen molar-refractivity contribution in [3.63, 3.8) is 0 Å². The first-order valence-corrected chi connectivity index (χ1v) is 8.61. The standard InChI is InChI=1S/C20H21NO4/c22-19(18-12-24-16-8-4-5-9-17(16)25-18)21-13-20(23,15-10-11-15)14-6-2-1-3-7-14/h1-9,15,18,23H,10-13H2,(H,21,22)/t18-,20-/m1/s1. The molecule has 2 aliphatic rings. The number of nitrogens with one attached hydrogen (secondary N) is 1. The summed E-state index contributed by atoms with van der Waals surface area (Å²) in [6.07, 6.45) is 1.23. The maximum absolute atomic E-state index is 12.5. The van der Waals surface area contributed by atoms with Crippen LogP contribution in [0.1, 0.15) is 18.4 Å². The Morgan fingerprint density at radius 1 is 1.08 bits per heavy atom. The average Bonchev–Trinajstić information content (AvgIpc) is 3.52. The number of ether oxygens (including phenoxy) is 2. The summed E-state index contributed by atoms with van der Waals surface area (Å²) in [5, 5.41) is 14.0. The van der Waals surface area contributed by atoms with Crippen LogP contribution in [0.25, 0.3) is 0 Å². The van der Waals surface area contributed by atoms with E-state index in [-0.39, 0.29) is 25.0 Å². The SMILES string of the molecule is O=C(NC[C@@](O)(c1ccccc1)C1CC1)[C@H]1COc2ccccc2O1. The van der Waals surface area contributed by atoms with E-state index in [9.17, 15) is 9.90 Å². The zero-order valence-electron chi connectivity index (χ0n) is 13.9. The molecule has 1 amide bonds. The van der Waals surface area contributed by atoms with Gasteiger partial charge in [0.1, 0.15) is 12.2 Å². The highest BCUT2D eigenvalue weighted by molar-refractivity contribution is 5.81. The fraction of sp³-hybridized carbons (Fsp3) is 0.350. The van der Waals surface area contributed by atoms with Gasteiger partial charge in [-0.25, -0.2) is 0 Å². The van der Waals surface area contributed by atoms with Crippen LogP contribution < -0.4 is 14.8 Å². The number of carbonyl (C=O) groups excluding carboxylic acids is 1. The van der Waals surface area contributed by atoms with Gasteiger partial charge in [-0.15, -0.1) is 0 Å². The minimum absolute atomic E-state index is 0.163. The quantitative estimate of drug-likeness (QED) is 0.877. The van der Waals surface area contributed by atoms with E-state index in [0.717, 1.165) is 18.4 Å². The molecule has 5 heteroatoms. The molecule has 4 rings (SSSR count). The molecule has 1 heterocycles. The molecule has 2 N–H and O–H groups in total. The summed E-state index contributed by atoms with van der Waals surface area (Å²) < 4.78 is 11.3. The van der Waals surface area contributed by atoms with Crippen molar-refractivity contribution in [2.45, 2.75) is 24.5 Å². The Morgan fingerprint density at radius 3 is 2.48 bits per heavy atom. The van der Waals surface area contributed by atoms with E-state index in [1.54, 1.807) is 6.07 Å². The van der Waals surface area contributed by atoms with Crippen molar-refractivity contribution in [2.24, 2.45) is 5.92 Å². The largest absolute Gasteiger partial charge is 0.485 e. The number of benzene rings is 2. The Balaban J connectivity index is 1.43. The highest BCUT2D eigenvalue weighted by atomic mass is 16.6. The summed E-state index contributed by atoms with van der Waals surface area (Å²) in [6.45, 7) is 0.331. The predicted molar refractivity (Wildman–Crippen MR) is 92.4 cm³/mol. The summed E-state index contributed by atoms with van der Waals surface area (Å²) in [6, 6.07) is 16.8. The summed E-state index contributed by atoms with van der Waals surface area (Å²) in [5.74, 6) is 1.11. The van der Waals surface area contributed by atoms with Crippen LogP contribution >= 0.6 is 0 Å². The van der Waals surface area contributed by atoms with Gasteiger partial charge in [0.15, 0.2) is 11.5 Å². The Bertz CT molecular complexity index is 759. The minimum Gasteiger partial charge on any atom is -0.485 e. The van der Waals surface area contributed by atoms with E-state index in [0.29, 0.717) is 11.5 Å². The van der Waals surface area contributed by atoms with Gasteiger partial charge < -0.3 is 19.9 Å². The van der Waals surface area contributed by atoms with Crippen LogP contribution in [0.3, 0.4) is 0 Å². The van der Waals surface area contributed by atoms with Gasteiger partial charge in [0, 0.05) is 0 Å². The number of fused-ring (bicyclic) bond motifs is 1. The number of carbonyl (C=O) groups is 1. The van der Waals surface area contributed by atoms with Crippen molar-refractivity contribution in [3.05, 3.63) is 60.2 Å². The first-order chi connectivity index (χ1) is 12.2.